The third kappa shape index (κ3) is 1.61. The number of halogens is 1. The molecule has 15 heavy (non-hydrogen) atoms. The Kier molecular flexibility index (Phi) is 2.14. The van der Waals surface area contributed by atoms with Crippen LogP contribution < -0.4 is 9.47 Å². The van der Waals surface area contributed by atoms with Gasteiger partial charge in [-0.1, -0.05) is 0 Å². The summed E-state index contributed by atoms with van der Waals surface area (Å²) in [6.45, 7) is 0.306. The van der Waals surface area contributed by atoms with E-state index < -0.39 is 0 Å². The summed E-state index contributed by atoms with van der Waals surface area (Å²) in [5.74, 6) is 1.59. The number of ether oxygens (including phenoxy) is 2. The van der Waals surface area contributed by atoms with Crippen molar-refractivity contribution in [2.75, 3.05) is 6.79 Å². The number of fused-ring (bicyclic) bond motifs is 1. The van der Waals surface area contributed by atoms with Crippen LogP contribution >= 0.6 is 27.3 Å². The summed E-state index contributed by atoms with van der Waals surface area (Å²) in [6, 6.07) is 5.85. The average molecular weight is 284 g/mol. The normalized spacial score (nSPS) is 13.1. The van der Waals surface area contributed by atoms with Gasteiger partial charge in [-0.15, -0.1) is 11.3 Å². The Morgan fingerprint density at radius 2 is 2.13 bits per heavy atom. The van der Waals surface area contributed by atoms with Crippen LogP contribution in [-0.2, 0) is 0 Å². The average Bonchev–Trinajstić information content (AvgIpc) is 2.84. The van der Waals surface area contributed by atoms with Crippen molar-refractivity contribution in [2.24, 2.45) is 0 Å². The fraction of sp³-hybridized carbons (Fsp3) is 0.100. The van der Waals surface area contributed by atoms with Gasteiger partial charge in [0, 0.05) is 5.56 Å². The van der Waals surface area contributed by atoms with Gasteiger partial charge in [-0.25, -0.2) is 4.98 Å². The van der Waals surface area contributed by atoms with Crippen LogP contribution in [0.1, 0.15) is 0 Å². The highest BCUT2D eigenvalue weighted by Gasteiger charge is 2.14. The molecule has 1 aliphatic heterocycles. The molecule has 0 saturated heterocycles. The van der Waals surface area contributed by atoms with E-state index in [0.29, 0.717) is 6.79 Å². The first kappa shape index (κ1) is 9.18. The van der Waals surface area contributed by atoms with Crippen LogP contribution in [0.4, 0.5) is 0 Å². The minimum atomic E-state index is 0.306. The highest BCUT2D eigenvalue weighted by Crippen LogP contribution is 2.37. The summed E-state index contributed by atoms with van der Waals surface area (Å²) in [7, 11) is 0. The molecule has 0 radical (unpaired) electrons. The second-order valence-corrected chi connectivity index (χ2v) is 5.45. The second-order valence-electron chi connectivity index (χ2n) is 3.04. The molecule has 0 unspecified atom stereocenters. The lowest BCUT2D eigenvalue weighted by Gasteiger charge is -1.98. The van der Waals surface area contributed by atoms with E-state index >= 15 is 0 Å². The zero-order valence-corrected chi connectivity index (χ0v) is 9.97. The lowest BCUT2D eigenvalue weighted by atomic mass is 10.2. The lowest BCUT2D eigenvalue weighted by molar-refractivity contribution is 0.174. The lowest BCUT2D eigenvalue weighted by Crippen LogP contribution is -1.92. The Hall–Kier alpha value is -1.07. The van der Waals surface area contributed by atoms with Gasteiger partial charge in [-0.2, -0.15) is 0 Å². The van der Waals surface area contributed by atoms with Gasteiger partial charge < -0.3 is 9.47 Å². The molecule has 0 N–H and O–H groups in total. The molecular formula is C10H6BrNO2S. The molecule has 0 atom stereocenters. The molecule has 3 rings (SSSR count). The molecule has 2 heterocycles. The Balaban J connectivity index is 2.06. The predicted molar refractivity (Wildman–Crippen MR) is 61.4 cm³/mol. The largest absolute Gasteiger partial charge is 0.454 e. The zero-order valence-electron chi connectivity index (χ0n) is 7.57. The van der Waals surface area contributed by atoms with Crippen molar-refractivity contribution < 1.29 is 9.47 Å². The first-order valence-electron chi connectivity index (χ1n) is 4.34. The molecule has 1 aromatic heterocycles. The molecule has 0 fully saturated rings. The van der Waals surface area contributed by atoms with E-state index in [0.717, 1.165) is 25.9 Å². The van der Waals surface area contributed by atoms with Crippen molar-refractivity contribution in [1.29, 1.82) is 0 Å². The van der Waals surface area contributed by atoms with Crippen LogP contribution in [0.5, 0.6) is 11.5 Å². The number of thiazole rings is 1. The zero-order chi connectivity index (χ0) is 10.3. The number of hydrogen-bond acceptors (Lipinski definition) is 4. The van der Waals surface area contributed by atoms with Crippen LogP contribution in [0.15, 0.2) is 28.2 Å². The molecule has 5 heteroatoms. The van der Waals surface area contributed by atoms with E-state index in [2.05, 4.69) is 20.9 Å². The van der Waals surface area contributed by atoms with Gasteiger partial charge >= 0.3 is 0 Å². The molecule has 1 aliphatic rings. The maximum atomic E-state index is 5.31. The molecule has 3 nitrogen and oxygen atoms in total. The van der Waals surface area contributed by atoms with E-state index in [9.17, 15) is 0 Å². The molecule has 76 valence electrons. The number of nitrogens with zero attached hydrogens (tertiary/aromatic N) is 1. The Bertz CT molecular complexity index is 512. The first-order valence-corrected chi connectivity index (χ1v) is 5.95. The topological polar surface area (TPSA) is 31.4 Å². The summed E-state index contributed by atoms with van der Waals surface area (Å²) in [6.07, 6.45) is 1.80. The van der Waals surface area contributed by atoms with Crippen LogP contribution in [-0.4, -0.2) is 11.8 Å². The van der Waals surface area contributed by atoms with Crippen LogP contribution in [0.25, 0.3) is 10.6 Å². The van der Waals surface area contributed by atoms with Gasteiger partial charge in [0.05, 0.1) is 9.98 Å². The van der Waals surface area contributed by atoms with Crippen molar-refractivity contribution >= 4 is 27.3 Å². The van der Waals surface area contributed by atoms with Crippen LogP contribution in [0.2, 0.25) is 0 Å². The molecule has 0 spiro atoms. The molecule has 0 saturated carbocycles. The van der Waals surface area contributed by atoms with Gasteiger partial charge in [0.1, 0.15) is 5.01 Å². The summed E-state index contributed by atoms with van der Waals surface area (Å²) >= 11 is 4.99. The van der Waals surface area contributed by atoms with Crippen molar-refractivity contribution in [2.45, 2.75) is 0 Å². The summed E-state index contributed by atoms with van der Waals surface area (Å²) in [4.78, 5) is 4.29. The maximum Gasteiger partial charge on any atom is 0.231 e. The smallest absolute Gasteiger partial charge is 0.231 e. The number of aromatic nitrogens is 1. The fourth-order valence-electron chi connectivity index (χ4n) is 1.42. The highest BCUT2D eigenvalue weighted by atomic mass is 79.9. The van der Waals surface area contributed by atoms with E-state index in [4.69, 9.17) is 9.47 Å². The van der Waals surface area contributed by atoms with Crippen LogP contribution in [0, 0.1) is 0 Å². The minimum Gasteiger partial charge on any atom is -0.454 e. The van der Waals surface area contributed by atoms with Gasteiger partial charge in [-0.3, -0.25) is 0 Å². The maximum absolute atomic E-state index is 5.31. The summed E-state index contributed by atoms with van der Waals surface area (Å²) < 4.78 is 11.6. The van der Waals surface area contributed by atoms with E-state index in [1.54, 1.807) is 17.5 Å². The standard InChI is InChI=1S/C10H6BrNO2S/c11-9-4-12-10(15-9)6-1-2-7-8(3-6)14-5-13-7/h1-4H,5H2. The van der Waals surface area contributed by atoms with Gasteiger partial charge in [0.15, 0.2) is 11.5 Å². The third-order valence-electron chi connectivity index (χ3n) is 2.10. The van der Waals surface area contributed by atoms with Crippen LogP contribution in [0.3, 0.4) is 0 Å². The molecule has 1 aromatic carbocycles. The SMILES string of the molecule is Brc1cnc(-c2ccc3c(c2)OCO3)s1. The van der Waals surface area contributed by atoms with E-state index in [1.165, 1.54) is 0 Å². The van der Waals surface area contributed by atoms with Crippen molar-refractivity contribution in [3.8, 4) is 22.1 Å². The number of benzene rings is 1. The van der Waals surface area contributed by atoms with Crippen molar-refractivity contribution in [3.05, 3.63) is 28.2 Å². The minimum absolute atomic E-state index is 0.306. The summed E-state index contributed by atoms with van der Waals surface area (Å²) in [5, 5.41) is 0.972. The molecular weight excluding hydrogens is 278 g/mol. The van der Waals surface area contributed by atoms with Gasteiger partial charge in [0.2, 0.25) is 6.79 Å². The quantitative estimate of drug-likeness (QED) is 0.805. The monoisotopic (exact) mass is 283 g/mol. The number of rotatable bonds is 1. The predicted octanol–water partition coefficient (Wildman–Crippen LogP) is 3.30. The fourth-order valence-corrected chi connectivity index (χ4v) is 2.62. The molecule has 0 bridgehead atoms. The Labute approximate surface area is 98.8 Å². The van der Waals surface area contributed by atoms with E-state index in [1.807, 2.05) is 18.2 Å². The first-order chi connectivity index (χ1) is 7.33. The Morgan fingerprint density at radius 1 is 1.27 bits per heavy atom. The highest BCUT2D eigenvalue weighted by molar-refractivity contribution is 9.11. The van der Waals surface area contributed by atoms with Gasteiger partial charge in [-0.05, 0) is 34.1 Å². The van der Waals surface area contributed by atoms with E-state index in [-0.39, 0.29) is 0 Å². The van der Waals surface area contributed by atoms with Crippen molar-refractivity contribution in [3.63, 3.8) is 0 Å². The third-order valence-corrected chi connectivity index (χ3v) is 3.62. The Morgan fingerprint density at radius 3 is 2.93 bits per heavy atom. The van der Waals surface area contributed by atoms with Crippen molar-refractivity contribution in [1.82, 2.24) is 4.98 Å². The van der Waals surface area contributed by atoms with Gasteiger partial charge in [0.25, 0.3) is 0 Å². The molecule has 2 aromatic rings. The second kappa shape index (κ2) is 3.50. The molecule has 0 amide bonds. The summed E-state index contributed by atoms with van der Waals surface area (Å²) in [5.41, 5.74) is 1.05. The number of hydrogen-bond donors (Lipinski definition) is 0. The molecule has 0 aliphatic carbocycles.